The number of rotatable bonds is 3. The van der Waals surface area contributed by atoms with Gasteiger partial charge in [-0.15, -0.1) is 0 Å². The zero-order valence-electron chi connectivity index (χ0n) is 9.96. The van der Waals surface area contributed by atoms with Gasteiger partial charge >= 0.3 is 0 Å². The number of nitrogens with two attached hydrogens (primary N) is 1. The van der Waals surface area contributed by atoms with Gasteiger partial charge in [0.25, 0.3) is 0 Å². The number of hydrogen-bond acceptors (Lipinski definition) is 2. The van der Waals surface area contributed by atoms with Crippen LogP contribution in [0, 0.1) is 11.8 Å². The molecule has 0 aromatic heterocycles. The highest BCUT2D eigenvalue weighted by Gasteiger charge is 2.21. The molecule has 1 atom stereocenters. The van der Waals surface area contributed by atoms with E-state index < -0.39 is 5.60 Å². The fraction of sp³-hybridized carbons (Fsp3) is 0.429. The summed E-state index contributed by atoms with van der Waals surface area (Å²) in [5.41, 5.74) is 5.92. The van der Waals surface area contributed by atoms with Gasteiger partial charge < -0.3 is 10.8 Å². The first kappa shape index (κ1) is 12.6. The molecule has 0 amide bonds. The Labute approximate surface area is 97.5 Å². The van der Waals surface area contributed by atoms with Crippen LogP contribution in [0.1, 0.15) is 38.7 Å². The van der Waals surface area contributed by atoms with Crippen LogP contribution in [0.2, 0.25) is 0 Å². The Morgan fingerprint density at radius 2 is 2.06 bits per heavy atom. The van der Waals surface area contributed by atoms with E-state index >= 15 is 0 Å². The van der Waals surface area contributed by atoms with Crippen molar-refractivity contribution in [1.29, 1.82) is 0 Å². The third kappa shape index (κ3) is 3.29. The lowest BCUT2D eigenvalue weighted by Gasteiger charge is -2.18. The largest absolute Gasteiger partial charge is 0.398 e. The molecular formula is C14H19NO. The van der Waals surface area contributed by atoms with Crippen LogP contribution in [0.5, 0.6) is 0 Å². The van der Waals surface area contributed by atoms with Crippen molar-refractivity contribution in [2.24, 2.45) is 0 Å². The van der Waals surface area contributed by atoms with E-state index in [1.54, 1.807) is 13.0 Å². The second kappa shape index (κ2) is 5.58. The lowest BCUT2D eigenvalue weighted by Crippen LogP contribution is -2.20. The van der Waals surface area contributed by atoms with Crippen molar-refractivity contribution in [3.8, 4) is 11.8 Å². The van der Waals surface area contributed by atoms with Crippen molar-refractivity contribution in [2.45, 2.75) is 38.7 Å². The molecule has 2 nitrogen and oxygen atoms in total. The number of hydrogen-bond donors (Lipinski definition) is 2. The maximum atomic E-state index is 10.2. The smallest absolute Gasteiger partial charge is 0.150 e. The Balaban J connectivity index is 2.84. The lowest BCUT2D eigenvalue weighted by molar-refractivity contribution is 0.123. The standard InChI is InChI=1S/C14H19NO/c1-3-4-5-8-11-14(2,16)12-9-6-7-10-13(12)15/h6-7,9-10,16H,3-5,15H2,1-2H3. The van der Waals surface area contributed by atoms with Gasteiger partial charge in [0, 0.05) is 17.7 Å². The molecule has 0 spiro atoms. The van der Waals surface area contributed by atoms with Gasteiger partial charge in [-0.25, -0.2) is 0 Å². The maximum Gasteiger partial charge on any atom is 0.150 e. The lowest BCUT2D eigenvalue weighted by atomic mass is 9.95. The fourth-order valence-electron chi connectivity index (χ4n) is 1.51. The van der Waals surface area contributed by atoms with E-state index in [1.165, 1.54) is 0 Å². The zero-order chi connectivity index (χ0) is 12.0. The predicted molar refractivity (Wildman–Crippen MR) is 67.7 cm³/mol. The van der Waals surface area contributed by atoms with Gasteiger partial charge in [-0.2, -0.15) is 0 Å². The summed E-state index contributed by atoms with van der Waals surface area (Å²) in [6.45, 7) is 3.80. The monoisotopic (exact) mass is 217 g/mol. The molecule has 1 aromatic rings. The number of benzene rings is 1. The SMILES string of the molecule is CCCCC#CC(C)(O)c1ccccc1N. The van der Waals surface area contributed by atoms with Gasteiger partial charge in [-0.05, 0) is 19.4 Å². The predicted octanol–water partition coefficient (Wildman–Crippen LogP) is 2.67. The second-order valence-electron chi connectivity index (χ2n) is 4.06. The van der Waals surface area contributed by atoms with Crippen molar-refractivity contribution >= 4 is 5.69 Å². The average Bonchev–Trinajstić information content (AvgIpc) is 2.25. The summed E-state index contributed by atoms with van der Waals surface area (Å²) in [6.07, 6.45) is 3.00. The average molecular weight is 217 g/mol. The van der Waals surface area contributed by atoms with Gasteiger partial charge in [0.2, 0.25) is 0 Å². The molecule has 3 N–H and O–H groups in total. The number of nitrogen functional groups attached to an aromatic ring is 1. The van der Waals surface area contributed by atoms with Crippen LogP contribution in [0.4, 0.5) is 5.69 Å². The number of unbranched alkanes of at least 4 members (excludes halogenated alkanes) is 2. The second-order valence-corrected chi connectivity index (χ2v) is 4.06. The van der Waals surface area contributed by atoms with E-state index in [0.29, 0.717) is 11.3 Å². The number of aliphatic hydroxyl groups is 1. The molecule has 0 fully saturated rings. The normalized spacial score (nSPS) is 13.7. The third-order valence-corrected chi connectivity index (χ3v) is 2.47. The first-order valence-corrected chi connectivity index (χ1v) is 5.65. The molecule has 1 unspecified atom stereocenters. The van der Waals surface area contributed by atoms with Gasteiger partial charge in [0.15, 0.2) is 0 Å². The van der Waals surface area contributed by atoms with Gasteiger partial charge in [-0.3, -0.25) is 0 Å². The Kier molecular flexibility index (Phi) is 4.39. The van der Waals surface area contributed by atoms with E-state index in [1.807, 2.05) is 18.2 Å². The van der Waals surface area contributed by atoms with Crippen molar-refractivity contribution < 1.29 is 5.11 Å². The molecule has 0 aliphatic heterocycles. The Bertz CT molecular complexity index is 399. The fourth-order valence-corrected chi connectivity index (χ4v) is 1.51. The third-order valence-electron chi connectivity index (χ3n) is 2.47. The Morgan fingerprint density at radius 3 is 2.69 bits per heavy atom. The van der Waals surface area contributed by atoms with E-state index in [4.69, 9.17) is 5.73 Å². The molecule has 0 saturated carbocycles. The number of anilines is 1. The molecule has 2 heteroatoms. The van der Waals surface area contributed by atoms with Crippen LogP contribution in [0.15, 0.2) is 24.3 Å². The van der Waals surface area contributed by atoms with Crippen LogP contribution < -0.4 is 5.73 Å². The van der Waals surface area contributed by atoms with Gasteiger partial charge in [0.05, 0.1) is 0 Å². The minimum Gasteiger partial charge on any atom is -0.398 e. The molecule has 16 heavy (non-hydrogen) atoms. The minimum atomic E-state index is -1.15. The van der Waals surface area contributed by atoms with Crippen molar-refractivity contribution in [2.75, 3.05) is 5.73 Å². The molecule has 1 aromatic carbocycles. The molecule has 86 valence electrons. The molecule has 0 aliphatic rings. The first-order chi connectivity index (χ1) is 7.58. The molecule has 1 rings (SSSR count). The molecule has 0 radical (unpaired) electrons. The first-order valence-electron chi connectivity index (χ1n) is 5.65. The topological polar surface area (TPSA) is 46.2 Å². The van der Waals surface area contributed by atoms with Crippen molar-refractivity contribution in [3.05, 3.63) is 29.8 Å². The highest BCUT2D eigenvalue weighted by atomic mass is 16.3. The molecule has 0 heterocycles. The molecule has 0 bridgehead atoms. The van der Waals surface area contributed by atoms with E-state index in [-0.39, 0.29) is 0 Å². The van der Waals surface area contributed by atoms with Crippen molar-refractivity contribution in [3.63, 3.8) is 0 Å². The van der Waals surface area contributed by atoms with Crippen LogP contribution in [0.3, 0.4) is 0 Å². The van der Waals surface area contributed by atoms with Crippen molar-refractivity contribution in [1.82, 2.24) is 0 Å². The van der Waals surface area contributed by atoms with Crippen LogP contribution in [-0.4, -0.2) is 5.11 Å². The Morgan fingerprint density at radius 1 is 1.38 bits per heavy atom. The molecular weight excluding hydrogens is 198 g/mol. The quantitative estimate of drug-likeness (QED) is 0.464. The van der Waals surface area contributed by atoms with E-state index in [0.717, 1.165) is 19.3 Å². The van der Waals surface area contributed by atoms with Crippen LogP contribution in [0.25, 0.3) is 0 Å². The van der Waals surface area contributed by atoms with E-state index in [2.05, 4.69) is 18.8 Å². The maximum absolute atomic E-state index is 10.2. The minimum absolute atomic E-state index is 0.581. The van der Waals surface area contributed by atoms with Crippen LogP contribution in [-0.2, 0) is 5.60 Å². The van der Waals surface area contributed by atoms with Gasteiger partial charge in [-0.1, -0.05) is 43.4 Å². The summed E-state index contributed by atoms with van der Waals surface area (Å²) >= 11 is 0. The van der Waals surface area contributed by atoms with E-state index in [9.17, 15) is 5.11 Å². The highest BCUT2D eigenvalue weighted by Crippen LogP contribution is 2.25. The molecule has 0 saturated heterocycles. The Hall–Kier alpha value is -1.46. The zero-order valence-corrected chi connectivity index (χ0v) is 9.96. The summed E-state index contributed by atoms with van der Waals surface area (Å²) in [5.74, 6) is 5.87. The number of para-hydroxylation sites is 1. The summed E-state index contributed by atoms with van der Waals surface area (Å²) in [7, 11) is 0. The summed E-state index contributed by atoms with van der Waals surface area (Å²) < 4.78 is 0. The summed E-state index contributed by atoms with van der Waals surface area (Å²) in [4.78, 5) is 0. The van der Waals surface area contributed by atoms with Gasteiger partial charge in [0.1, 0.15) is 5.60 Å². The molecule has 0 aliphatic carbocycles. The summed E-state index contributed by atoms with van der Waals surface area (Å²) in [5, 5.41) is 10.2. The summed E-state index contributed by atoms with van der Waals surface area (Å²) in [6, 6.07) is 7.29. The van der Waals surface area contributed by atoms with Crippen LogP contribution >= 0.6 is 0 Å². The highest BCUT2D eigenvalue weighted by molar-refractivity contribution is 5.52.